The molecule has 2 aliphatic carbocycles. The zero-order valence-electron chi connectivity index (χ0n) is 31.7. The number of amides is 4. The van der Waals surface area contributed by atoms with E-state index in [0.29, 0.717) is 27.9 Å². The molecular weight excluding hydrogens is 725 g/mol. The molecule has 10 rings (SSSR count). The highest BCUT2D eigenvalue weighted by atomic mass is 16.3. The van der Waals surface area contributed by atoms with E-state index in [-0.39, 0.29) is 30.4 Å². The van der Waals surface area contributed by atoms with Crippen LogP contribution in [0.4, 0.5) is 22.7 Å². The molecule has 4 amide bonds. The second kappa shape index (κ2) is 13.6. The molecule has 4 aliphatic rings. The normalized spacial score (nSPS) is 25.0. The van der Waals surface area contributed by atoms with E-state index in [0.717, 1.165) is 32.9 Å². The number of phenols is 1. The highest BCUT2D eigenvalue weighted by molar-refractivity contribution is 6.22. The Bertz CT molecular complexity index is 2660. The van der Waals surface area contributed by atoms with Crippen LogP contribution >= 0.6 is 0 Å². The number of allylic oxidation sites excluding steroid dienone is 2. The number of aromatic hydroxyl groups is 1. The molecule has 0 aromatic heterocycles. The topological polar surface area (TPSA) is 119 Å². The second-order valence-corrected chi connectivity index (χ2v) is 15.9. The molecule has 58 heavy (non-hydrogen) atoms. The Morgan fingerprint density at radius 2 is 1.31 bits per heavy atom. The summed E-state index contributed by atoms with van der Waals surface area (Å²) in [4.78, 5) is 61.0. The quantitative estimate of drug-likeness (QED) is 0.110. The number of carbonyl (C=O) groups excluding carboxylic acids is 4. The molecular formula is C49H40N4O5. The lowest BCUT2D eigenvalue weighted by Crippen LogP contribution is -2.53. The van der Waals surface area contributed by atoms with Gasteiger partial charge < -0.3 is 10.4 Å². The number of hydrogen-bond acceptors (Lipinski definition) is 7. The molecule has 6 aromatic carbocycles. The first-order chi connectivity index (χ1) is 28.3. The van der Waals surface area contributed by atoms with Gasteiger partial charge >= 0.3 is 0 Å². The molecule has 6 aromatic rings. The van der Waals surface area contributed by atoms with Gasteiger partial charge in [-0.2, -0.15) is 5.01 Å². The summed E-state index contributed by atoms with van der Waals surface area (Å²) < 4.78 is 0. The Morgan fingerprint density at radius 1 is 0.655 bits per heavy atom. The minimum Gasteiger partial charge on any atom is -0.507 e. The van der Waals surface area contributed by atoms with E-state index in [4.69, 9.17) is 0 Å². The molecule has 0 bridgehead atoms. The second-order valence-electron chi connectivity index (χ2n) is 15.9. The maximum atomic E-state index is 15.5. The maximum Gasteiger partial charge on any atom is 0.260 e. The maximum absolute atomic E-state index is 15.5. The lowest BCUT2D eigenvalue weighted by molar-refractivity contribution is -0.138. The summed E-state index contributed by atoms with van der Waals surface area (Å²) in [7, 11) is 0. The number of anilines is 4. The first-order valence-electron chi connectivity index (χ1n) is 19.7. The number of hydrogen-bond donors (Lipinski definition) is 3. The van der Waals surface area contributed by atoms with Crippen LogP contribution in [-0.2, 0) is 24.6 Å². The third-order valence-corrected chi connectivity index (χ3v) is 12.8. The van der Waals surface area contributed by atoms with Crippen LogP contribution in [0.15, 0.2) is 157 Å². The minimum absolute atomic E-state index is 0.0191. The fraction of sp³-hybridized carbons (Fsp3) is 0.184. The summed E-state index contributed by atoms with van der Waals surface area (Å²) in [5.41, 5.74) is 7.39. The number of fused-ring (bicyclic) bond motifs is 5. The van der Waals surface area contributed by atoms with Crippen molar-refractivity contribution >= 4 is 57.2 Å². The lowest BCUT2D eigenvalue weighted by Gasteiger charge is -2.50. The monoisotopic (exact) mass is 764 g/mol. The fourth-order valence-electron chi connectivity index (χ4n) is 10.2. The number of aryl methyl sites for hydroxylation is 1. The SMILES string of the molecule is Cc1ccc(NN2C(=O)C3CC4C(=CCC5C(=O)N(c6ccc(Nc7ccccc7)cc6)C(=O)C54)C(c4ccc5ccccc5c4O)C3(c3ccccc3)C2=O)cc1. The van der Waals surface area contributed by atoms with Gasteiger partial charge in [0.2, 0.25) is 11.8 Å². The van der Waals surface area contributed by atoms with Gasteiger partial charge in [-0.15, -0.1) is 0 Å². The number of imide groups is 2. The molecule has 286 valence electrons. The number of rotatable bonds is 7. The van der Waals surface area contributed by atoms with Crippen molar-refractivity contribution in [3.63, 3.8) is 0 Å². The molecule has 2 saturated heterocycles. The molecule has 9 nitrogen and oxygen atoms in total. The first-order valence-corrected chi connectivity index (χ1v) is 19.7. The van der Waals surface area contributed by atoms with Gasteiger partial charge in [0.15, 0.2) is 0 Å². The predicted molar refractivity (Wildman–Crippen MR) is 223 cm³/mol. The van der Waals surface area contributed by atoms with Gasteiger partial charge in [0.25, 0.3) is 11.8 Å². The van der Waals surface area contributed by atoms with E-state index >= 15 is 9.59 Å². The summed E-state index contributed by atoms with van der Waals surface area (Å²) in [6, 6.07) is 45.1. The van der Waals surface area contributed by atoms with Crippen molar-refractivity contribution in [2.45, 2.75) is 31.1 Å². The van der Waals surface area contributed by atoms with Crippen molar-refractivity contribution in [2.24, 2.45) is 23.7 Å². The Hall–Kier alpha value is -7.00. The molecule has 0 spiro atoms. The Labute approximate surface area is 335 Å². The van der Waals surface area contributed by atoms with Crippen molar-refractivity contribution in [2.75, 3.05) is 15.6 Å². The molecule has 6 atom stereocenters. The van der Waals surface area contributed by atoms with Crippen molar-refractivity contribution < 1.29 is 24.3 Å². The number of carbonyl (C=O) groups is 4. The molecule has 3 fully saturated rings. The van der Waals surface area contributed by atoms with Crippen LogP contribution in [-0.4, -0.2) is 33.7 Å². The summed E-state index contributed by atoms with van der Waals surface area (Å²) in [5, 5.41) is 18.2. The third-order valence-electron chi connectivity index (χ3n) is 12.8. The largest absolute Gasteiger partial charge is 0.507 e. The molecule has 9 heteroatoms. The smallest absolute Gasteiger partial charge is 0.260 e. The Kier molecular flexibility index (Phi) is 8.30. The van der Waals surface area contributed by atoms with E-state index in [1.54, 1.807) is 12.1 Å². The van der Waals surface area contributed by atoms with E-state index < -0.39 is 46.8 Å². The average molecular weight is 765 g/mol. The number of hydrazine groups is 1. The zero-order chi connectivity index (χ0) is 39.7. The predicted octanol–water partition coefficient (Wildman–Crippen LogP) is 8.79. The van der Waals surface area contributed by atoms with Crippen LogP contribution in [0.3, 0.4) is 0 Å². The number of para-hydroxylation sites is 1. The van der Waals surface area contributed by atoms with Crippen molar-refractivity contribution in [3.8, 4) is 5.75 Å². The standard InChI is InChI=1S/C49H40N4O5/c1-29-16-19-34(20-17-29)51-53-46(56)41-28-40-37(26-27-38-42(40)47(57)52(45(38)55)35-23-21-33(22-24-35)50-32-13-6-3-7-14-32)43(49(41,48(53)58)31-11-4-2-5-12-31)39-25-18-30-10-8-9-15-36(30)44(39)54/h2-26,38,40-43,50-51,54H,27-28H2,1H3. The molecule has 1 saturated carbocycles. The summed E-state index contributed by atoms with van der Waals surface area (Å²) in [5.74, 6) is -5.20. The van der Waals surface area contributed by atoms with Gasteiger partial charge in [0.05, 0.1) is 34.5 Å². The van der Waals surface area contributed by atoms with E-state index in [9.17, 15) is 14.7 Å². The van der Waals surface area contributed by atoms with Gasteiger partial charge in [-0.1, -0.05) is 114 Å². The molecule has 2 aliphatic heterocycles. The highest BCUT2D eigenvalue weighted by Crippen LogP contribution is 2.65. The number of phenolic OH excluding ortho intramolecular Hbond substituents is 1. The zero-order valence-corrected chi connectivity index (χ0v) is 31.7. The van der Waals surface area contributed by atoms with Gasteiger partial charge in [-0.25, -0.2) is 0 Å². The number of benzene rings is 6. The minimum atomic E-state index is -1.49. The van der Waals surface area contributed by atoms with Crippen LogP contribution in [0.1, 0.15) is 35.4 Å². The lowest BCUT2D eigenvalue weighted by atomic mass is 9.49. The van der Waals surface area contributed by atoms with Crippen LogP contribution in [0.5, 0.6) is 5.75 Å². The number of nitrogens with zero attached hydrogens (tertiary/aromatic N) is 2. The van der Waals surface area contributed by atoms with Crippen LogP contribution in [0.2, 0.25) is 0 Å². The van der Waals surface area contributed by atoms with Gasteiger partial charge in [0.1, 0.15) is 5.75 Å². The van der Waals surface area contributed by atoms with Crippen LogP contribution in [0.25, 0.3) is 10.8 Å². The Balaban J connectivity index is 1.11. The van der Waals surface area contributed by atoms with Crippen molar-refractivity contribution in [1.82, 2.24) is 5.01 Å². The molecule has 2 heterocycles. The molecule has 0 radical (unpaired) electrons. The summed E-state index contributed by atoms with van der Waals surface area (Å²) >= 11 is 0. The summed E-state index contributed by atoms with van der Waals surface area (Å²) in [6.45, 7) is 1.96. The van der Waals surface area contributed by atoms with E-state index in [1.165, 1.54) is 4.90 Å². The highest BCUT2D eigenvalue weighted by Gasteiger charge is 2.70. The van der Waals surface area contributed by atoms with Gasteiger partial charge in [0, 0.05) is 28.2 Å². The van der Waals surface area contributed by atoms with E-state index in [1.807, 2.05) is 146 Å². The van der Waals surface area contributed by atoms with Crippen LogP contribution in [0, 0.1) is 30.6 Å². The molecule has 6 unspecified atom stereocenters. The van der Waals surface area contributed by atoms with Crippen LogP contribution < -0.4 is 15.6 Å². The van der Waals surface area contributed by atoms with E-state index in [2.05, 4.69) is 10.7 Å². The number of nitrogens with one attached hydrogen (secondary N) is 2. The summed E-state index contributed by atoms with van der Waals surface area (Å²) in [6.07, 6.45) is 2.46. The third kappa shape index (κ3) is 5.30. The van der Waals surface area contributed by atoms with Crippen molar-refractivity contribution in [1.29, 1.82) is 0 Å². The first kappa shape index (κ1) is 35.4. The van der Waals surface area contributed by atoms with Gasteiger partial charge in [-0.05, 0) is 85.2 Å². The fourth-order valence-corrected chi connectivity index (χ4v) is 10.2. The average Bonchev–Trinajstić information content (AvgIpc) is 3.63. The van der Waals surface area contributed by atoms with Crippen molar-refractivity contribution in [3.05, 3.63) is 174 Å². The Morgan fingerprint density at radius 3 is 2.05 bits per heavy atom. The molecule has 3 N–H and O–H groups in total. The van der Waals surface area contributed by atoms with Gasteiger partial charge in [-0.3, -0.25) is 29.5 Å².